The van der Waals surface area contributed by atoms with Gasteiger partial charge in [-0.2, -0.15) is 0 Å². The second kappa shape index (κ2) is 7.08. The number of carbonyl (C=O) groups is 1. The molecule has 3 heteroatoms. The highest BCUT2D eigenvalue weighted by Crippen LogP contribution is 2.41. The van der Waals surface area contributed by atoms with E-state index in [1.165, 1.54) is 31.2 Å². The summed E-state index contributed by atoms with van der Waals surface area (Å²) in [6, 6.07) is 10.7. The molecular formula is C18H26N2O. The molecule has 1 aromatic rings. The average molecular weight is 286 g/mol. The lowest BCUT2D eigenvalue weighted by Gasteiger charge is -2.23. The average Bonchev–Trinajstić information content (AvgIpc) is 3.37. The number of benzene rings is 1. The summed E-state index contributed by atoms with van der Waals surface area (Å²) in [5, 5.41) is 6.66. The Kier molecular flexibility index (Phi) is 4.91. The highest BCUT2D eigenvalue weighted by atomic mass is 16.1. The summed E-state index contributed by atoms with van der Waals surface area (Å²) in [7, 11) is 0. The molecular weight excluding hydrogens is 260 g/mol. The van der Waals surface area contributed by atoms with Crippen molar-refractivity contribution in [2.45, 2.75) is 44.6 Å². The Morgan fingerprint density at radius 2 is 1.86 bits per heavy atom. The Hall–Kier alpha value is -1.35. The van der Waals surface area contributed by atoms with Crippen LogP contribution in [0.3, 0.4) is 0 Å². The highest BCUT2D eigenvalue weighted by Gasteiger charge is 2.33. The van der Waals surface area contributed by atoms with Crippen LogP contribution in [-0.4, -0.2) is 19.0 Å². The van der Waals surface area contributed by atoms with Gasteiger partial charge in [-0.3, -0.25) is 4.79 Å². The first kappa shape index (κ1) is 14.6. The fraction of sp³-hybridized carbons (Fsp3) is 0.611. The normalized spacial score (nSPS) is 21.0. The first-order chi connectivity index (χ1) is 10.3. The van der Waals surface area contributed by atoms with Gasteiger partial charge in [0.25, 0.3) is 0 Å². The van der Waals surface area contributed by atoms with Crippen LogP contribution < -0.4 is 10.6 Å². The standard InChI is InChI=1S/C18H26N2O/c21-17(9-6-14-10-12-19-13-11-14)20-18(16-7-8-16)15-4-2-1-3-5-15/h1-5,14,16,18-19H,6-13H2,(H,20,21). The van der Waals surface area contributed by atoms with Crippen molar-refractivity contribution < 1.29 is 4.79 Å². The van der Waals surface area contributed by atoms with Gasteiger partial charge < -0.3 is 10.6 Å². The zero-order valence-electron chi connectivity index (χ0n) is 12.7. The van der Waals surface area contributed by atoms with E-state index in [-0.39, 0.29) is 11.9 Å². The van der Waals surface area contributed by atoms with E-state index in [1.54, 1.807) is 0 Å². The molecule has 1 aliphatic carbocycles. The molecule has 0 aromatic heterocycles. The molecule has 1 atom stereocenters. The van der Waals surface area contributed by atoms with Crippen LogP contribution in [0.25, 0.3) is 0 Å². The minimum absolute atomic E-state index is 0.228. The number of nitrogens with one attached hydrogen (secondary N) is 2. The molecule has 1 aliphatic heterocycles. The van der Waals surface area contributed by atoms with Crippen LogP contribution >= 0.6 is 0 Å². The lowest BCUT2D eigenvalue weighted by Crippen LogP contribution is -2.31. The lowest BCUT2D eigenvalue weighted by molar-refractivity contribution is -0.122. The van der Waals surface area contributed by atoms with E-state index < -0.39 is 0 Å². The molecule has 0 radical (unpaired) electrons. The van der Waals surface area contributed by atoms with Crippen LogP contribution in [-0.2, 0) is 4.79 Å². The lowest BCUT2D eigenvalue weighted by atomic mass is 9.93. The molecule has 0 spiro atoms. The summed E-state index contributed by atoms with van der Waals surface area (Å²) in [5.41, 5.74) is 1.26. The Bertz CT molecular complexity index is 450. The molecule has 3 nitrogen and oxygen atoms in total. The van der Waals surface area contributed by atoms with Crippen molar-refractivity contribution in [3.8, 4) is 0 Å². The van der Waals surface area contributed by atoms with Gasteiger partial charge in [0, 0.05) is 6.42 Å². The minimum atomic E-state index is 0.228. The fourth-order valence-electron chi connectivity index (χ4n) is 3.31. The van der Waals surface area contributed by atoms with Crippen molar-refractivity contribution in [1.29, 1.82) is 0 Å². The van der Waals surface area contributed by atoms with Crippen molar-refractivity contribution in [2.24, 2.45) is 11.8 Å². The maximum absolute atomic E-state index is 12.3. The van der Waals surface area contributed by atoms with Crippen molar-refractivity contribution >= 4 is 5.91 Å². The third-order valence-corrected chi connectivity index (χ3v) is 4.81. The molecule has 21 heavy (non-hydrogen) atoms. The van der Waals surface area contributed by atoms with E-state index in [4.69, 9.17) is 0 Å². The molecule has 1 saturated carbocycles. The van der Waals surface area contributed by atoms with E-state index in [2.05, 4.69) is 34.9 Å². The smallest absolute Gasteiger partial charge is 0.220 e. The maximum atomic E-state index is 12.3. The Balaban J connectivity index is 1.50. The zero-order chi connectivity index (χ0) is 14.5. The van der Waals surface area contributed by atoms with Crippen molar-refractivity contribution in [3.05, 3.63) is 35.9 Å². The van der Waals surface area contributed by atoms with Gasteiger partial charge in [0.1, 0.15) is 0 Å². The first-order valence-corrected chi connectivity index (χ1v) is 8.38. The van der Waals surface area contributed by atoms with Gasteiger partial charge in [-0.25, -0.2) is 0 Å². The number of amides is 1. The molecule has 1 amide bonds. The quantitative estimate of drug-likeness (QED) is 0.844. The number of piperidine rings is 1. The van der Waals surface area contributed by atoms with Crippen LogP contribution in [0.5, 0.6) is 0 Å². The second-order valence-electron chi connectivity index (χ2n) is 6.53. The first-order valence-electron chi connectivity index (χ1n) is 8.38. The van der Waals surface area contributed by atoms with Crippen LogP contribution in [0, 0.1) is 11.8 Å². The monoisotopic (exact) mass is 286 g/mol. The van der Waals surface area contributed by atoms with E-state index in [9.17, 15) is 4.79 Å². The van der Waals surface area contributed by atoms with Crippen molar-refractivity contribution in [3.63, 3.8) is 0 Å². The van der Waals surface area contributed by atoms with E-state index >= 15 is 0 Å². The van der Waals surface area contributed by atoms with Gasteiger partial charge in [-0.1, -0.05) is 30.3 Å². The third kappa shape index (κ3) is 4.31. The Labute approximate surface area is 127 Å². The SMILES string of the molecule is O=C(CCC1CCNCC1)NC(c1ccccc1)C1CC1. The molecule has 114 valence electrons. The maximum Gasteiger partial charge on any atom is 0.220 e. The van der Waals surface area contributed by atoms with E-state index in [0.717, 1.165) is 25.4 Å². The third-order valence-electron chi connectivity index (χ3n) is 4.81. The predicted molar refractivity (Wildman–Crippen MR) is 84.9 cm³/mol. The predicted octanol–water partition coefficient (Wildman–Crippen LogP) is 3.03. The second-order valence-corrected chi connectivity index (χ2v) is 6.53. The Morgan fingerprint density at radius 1 is 1.14 bits per heavy atom. The fourth-order valence-corrected chi connectivity index (χ4v) is 3.31. The topological polar surface area (TPSA) is 41.1 Å². The highest BCUT2D eigenvalue weighted by molar-refractivity contribution is 5.76. The van der Waals surface area contributed by atoms with Gasteiger partial charge in [-0.15, -0.1) is 0 Å². The molecule has 1 aromatic carbocycles. The van der Waals surface area contributed by atoms with Gasteiger partial charge in [0.2, 0.25) is 5.91 Å². The number of hydrogen-bond acceptors (Lipinski definition) is 2. The number of hydrogen-bond donors (Lipinski definition) is 2. The summed E-state index contributed by atoms with van der Waals surface area (Å²) in [5.74, 6) is 1.61. The summed E-state index contributed by atoms with van der Waals surface area (Å²) in [6.45, 7) is 2.22. The van der Waals surface area contributed by atoms with Gasteiger partial charge in [0.05, 0.1) is 6.04 Å². The number of rotatable bonds is 6. The van der Waals surface area contributed by atoms with Gasteiger partial charge in [-0.05, 0) is 62.6 Å². The molecule has 0 bridgehead atoms. The van der Waals surface area contributed by atoms with E-state index in [0.29, 0.717) is 12.3 Å². The molecule has 3 rings (SSSR count). The molecule has 1 unspecified atom stereocenters. The largest absolute Gasteiger partial charge is 0.349 e. The summed E-state index contributed by atoms with van der Waals surface area (Å²) in [4.78, 5) is 12.3. The molecule has 2 N–H and O–H groups in total. The summed E-state index contributed by atoms with van der Waals surface area (Å²) in [6.07, 6.45) is 6.65. The summed E-state index contributed by atoms with van der Waals surface area (Å²) < 4.78 is 0. The minimum Gasteiger partial charge on any atom is -0.349 e. The Morgan fingerprint density at radius 3 is 2.52 bits per heavy atom. The zero-order valence-corrected chi connectivity index (χ0v) is 12.7. The van der Waals surface area contributed by atoms with Crippen LogP contribution in [0.15, 0.2) is 30.3 Å². The van der Waals surface area contributed by atoms with Crippen LogP contribution in [0.4, 0.5) is 0 Å². The van der Waals surface area contributed by atoms with Crippen molar-refractivity contribution in [2.75, 3.05) is 13.1 Å². The molecule has 2 fully saturated rings. The number of carbonyl (C=O) groups excluding carboxylic acids is 1. The van der Waals surface area contributed by atoms with E-state index in [1.807, 2.05) is 6.07 Å². The van der Waals surface area contributed by atoms with Gasteiger partial charge >= 0.3 is 0 Å². The van der Waals surface area contributed by atoms with Gasteiger partial charge in [0.15, 0.2) is 0 Å². The molecule has 1 saturated heterocycles. The van der Waals surface area contributed by atoms with Crippen LogP contribution in [0.1, 0.15) is 50.1 Å². The van der Waals surface area contributed by atoms with Crippen LogP contribution in [0.2, 0.25) is 0 Å². The van der Waals surface area contributed by atoms with Crippen molar-refractivity contribution in [1.82, 2.24) is 10.6 Å². The molecule has 1 heterocycles. The molecule has 2 aliphatic rings. The summed E-state index contributed by atoms with van der Waals surface area (Å²) >= 11 is 0.